The number of urea groups is 1. The van der Waals surface area contributed by atoms with Gasteiger partial charge in [-0.3, -0.25) is 15.0 Å². The van der Waals surface area contributed by atoms with Crippen molar-refractivity contribution >= 4 is 23.7 Å². The van der Waals surface area contributed by atoms with Crippen LogP contribution in [0.2, 0.25) is 0 Å². The number of nitrogens with one attached hydrogen (secondary N) is 1. The minimum Gasteiger partial charge on any atom is -0.444 e. The second-order valence-corrected chi connectivity index (χ2v) is 8.90. The highest BCUT2D eigenvalue weighted by Crippen LogP contribution is 2.27. The van der Waals surface area contributed by atoms with E-state index in [-0.39, 0.29) is 6.54 Å². The van der Waals surface area contributed by atoms with Crippen molar-refractivity contribution in [2.24, 2.45) is 5.92 Å². The molecular formula is C23H32N4O4. The lowest BCUT2D eigenvalue weighted by Gasteiger charge is -2.27. The first-order chi connectivity index (χ1) is 14.6. The van der Waals surface area contributed by atoms with E-state index in [1.807, 2.05) is 0 Å². The fourth-order valence-electron chi connectivity index (χ4n) is 3.57. The SMILES string of the molecule is CN(C#N)C(=O)N(CCC1CCCCC1)C(=O)c1ccc(NC(=O)OC(C)(C)C)cc1. The molecule has 2 rings (SSSR count). The van der Waals surface area contributed by atoms with Crippen molar-refractivity contribution in [1.82, 2.24) is 9.80 Å². The molecule has 0 aromatic heterocycles. The molecule has 0 unspecified atom stereocenters. The van der Waals surface area contributed by atoms with Crippen LogP contribution in [-0.2, 0) is 4.74 Å². The van der Waals surface area contributed by atoms with Crippen molar-refractivity contribution < 1.29 is 19.1 Å². The van der Waals surface area contributed by atoms with Crippen LogP contribution in [0.5, 0.6) is 0 Å². The fraction of sp³-hybridized carbons (Fsp3) is 0.565. The van der Waals surface area contributed by atoms with Gasteiger partial charge in [-0.15, -0.1) is 0 Å². The fourth-order valence-corrected chi connectivity index (χ4v) is 3.57. The first-order valence-electron chi connectivity index (χ1n) is 10.7. The van der Waals surface area contributed by atoms with Crippen molar-refractivity contribution in [3.63, 3.8) is 0 Å². The minimum absolute atomic E-state index is 0.270. The Bertz CT molecular complexity index is 817. The Hall–Kier alpha value is -3.08. The molecule has 0 atom stereocenters. The van der Waals surface area contributed by atoms with E-state index in [2.05, 4.69) is 5.32 Å². The lowest BCUT2D eigenvalue weighted by molar-refractivity contribution is 0.0635. The summed E-state index contributed by atoms with van der Waals surface area (Å²) in [5.41, 5.74) is 0.157. The molecule has 31 heavy (non-hydrogen) atoms. The molecule has 0 heterocycles. The van der Waals surface area contributed by atoms with Gasteiger partial charge in [-0.2, -0.15) is 5.26 Å². The molecule has 8 nitrogen and oxygen atoms in total. The summed E-state index contributed by atoms with van der Waals surface area (Å²) in [6.45, 7) is 5.58. The lowest BCUT2D eigenvalue weighted by Crippen LogP contribution is -2.44. The van der Waals surface area contributed by atoms with Gasteiger partial charge in [0.1, 0.15) is 5.60 Å². The quantitative estimate of drug-likeness (QED) is 0.526. The summed E-state index contributed by atoms with van der Waals surface area (Å²) in [6.07, 6.45) is 7.71. The number of rotatable bonds is 5. The van der Waals surface area contributed by atoms with Crippen LogP contribution in [0.1, 0.15) is 69.7 Å². The van der Waals surface area contributed by atoms with Gasteiger partial charge in [0, 0.05) is 24.8 Å². The van der Waals surface area contributed by atoms with Crippen LogP contribution in [0, 0.1) is 17.4 Å². The third kappa shape index (κ3) is 7.59. The Morgan fingerprint density at radius 2 is 1.74 bits per heavy atom. The summed E-state index contributed by atoms with van der Waals surface area (Å²) >= 11 is 0. The predicted molar refractivity (Wildman–Crippen MR) is 117 cm³/mol. The van der Waals surface area contributed by atoms with Crippen molar-refractivity contribution in [2.45, 2.75) is 64.9 Å². The molecule has 1 N–H and O–H groups in total. The molecule has 1 aromatic carbocycles. The van der Waals surface area contributed by atoms with Gasteiger partial charge in [-0.1, -0.05) is 32.1 Å². The molecule has 0 spiro atoms. The molecule has 0 saturated heterocycles. The third-order valence-electron chi connectivity index (χ3n) is 5.18. The van der Waals surface area contributed by atoms with E-state index in [1.165, 1.54) is 26.3 Å². The summed E-state index contributed by atoms with van der Waals surface area (Å²) < 4.78 is 5.21. The standard InChI is InChI=1S/C23H32N4O4/c1-23(2,3)31-21(29)25-19-12-10-18(11-13-19)20(28)27(22(30)26(4)16-24)15-14-17-8-6-5-7-9-17/h10-13,17H,5-9,14-15H2,1-4H3,(H,25,29). The van der Waals surface area contributed by atoms with Crippen molar-refractivity contribution in [1.29, 1.82) is 5.26 Å². The van der Waals surface area contributed by atoms with E-state index in [4.69, 9.17) is 10.00 Å². The molecule has 0 bridgehead atoms. The number of carbonyl (C=O) groups excluding carboxylic acids is 3. The largest absolute Gasteiger partial charge is 0.444 e. The van der Waals surface area contributed by atoms with Gasteiger partial charge >= 0.3 is 12.1 Å². The van der Waals surface area contributed by atoms with E-state index >= 15 is 0 Å². The van der Waals surface area contributed by atoms with Gasteiger partial charge in [0.05, 0.1) is 0 Å². The second-order valence-electron chi connectivity index (χ2n) is 8.90. The number of anilines is 1. The lowest BCUT2D eigenvalue weighted by atomic mass is 9.87. The Kier molecular flexibility index (Phi) is 8.43. The van der Waals surface area contributed by atoms with Crippen molar-refractivity contribution in [3.8, 4) is 6.19 Å². The Labute approximate surface area is 184 Å². The van der Waals surface area contributed by atoms with E-state index < -0.39 is 23.6 Å². The molecular weight excluding hydrogens is 396 g/mol. The Morgan fingerprint density at radius 1 is 1.13 bits per heavy atom. The first-order valence-corrected chi connectivity index (χ1v) is 10.7. The molecule has 8 heteroatoms. The predicted octanol–water partition coefficient (Wildman–Crippen LogP) is 4.98. The Balaban J connectivity index is 2.08. The summed E-state index contributed by atoms with van der Waals surface area (Å²) in [7, 11) is 1.34. The average molecular weight is 429 g/mol. The van der Waals surface area contributed by atoms with Gasteiger partial charge in [0.2, 0.25) is 0 Å². The zero-order valence-electron chi connectivity index (χ0n) is 18.8. The summed E-state index contributed by atoms with van der Waals surface area (Å²) in [4.78, 5) is 39.6. The van der Waals surface area contributed by atoms with Gasteiger partial charge in [0.15, 0.2) is 6.19 Å². The third-order valence-corrected chi connectivity index (χ3v) is 5.18. The number of hydrogen-bond acceptors (Lipinski definition) is 5. The highest BCUT2D eigenvalue weighted by atomic mass is 16.6. The zero-order valence-corrected chi connectivity index (χ0v) is 18.8. The number of nitrogens with zero attached hydrogens (tertiary/aromatic N) is 3. The van der Waals surface area contributed by atoms with Crippen LogP contribution in [0.15, 0.2) is 24.3 Å². The first kappa shape index (κ1) is 24.2. The number of carbonyl (C=O) groups is 3. The van der Waals surface area contributed by atoms with Crippen molar-refractivity contribution in [3.05, 3.63) is 29.8 Å². The number of ether oxygens (including phenoxy) is 1. The molecule has 1 aromatic rings. The normalized spacial score (nSPS) is 14.3. The number of nitriles is 1. The average Bonchev–Trinajstić information content (AvgIpc) is 2.72. The van der Waals surface area contributed by atoms with Gasteiger partial charge < -0.3 is 4.74 Å². The monoisotopic (exact) mass is 428 g/mol. The van der Waals surface area contributed by atoms with Gasteiger partial charge in [0.25, 0.3) is 5.91 Å². The highest BCUT2D eigenvalue weighted by Gasteiger charge is 2.27. The maximum Gasteiger partial charge on any atom is 0.412 e. The number of imide groups is 1. The summed E-state index contributed by atoms with van der Waals surface area (Å²) in [5, 5.41) is 11.7. The Morgan fingerprint density at radius 3 is 2.29 bits per heavy atom. The maximum absolute atomic E-state index is 13.1. The molecule has 168 valence electrons. The molecule has 1 aliphatic carbocycles. The van der Waals surface area contributed by atoms with E-state index in [0.717, 1.165) is 29.1 Å². The number of benzene rings is 1. The second kappa shape index (κ2) is 10.8. The molecule has 4 amide bonds. The molecule has 1 saturated carbocycles. The topological polar surface area (TPSA) is 103 Å². The van der Waals surface area contributed by atoms with Crippen LogP contribution < -0.4 is 5.32 Å². The zero-order chi connectivity index (χ0) is 23.0. The van der Waals surface area contributed by atoms with Crippen LogP contribution in [-0.4, -0.2) is 47.0 Å². The minimum atomic E-state index is -0.640. The number of amides is 4. The number of hydrogen-bond donors (Lipinski definition) is 1. The van der Waals surface area contributed by atoms with Crippen LogP contribution in [0.25, 0.3) is 0 Å². The summed E-state index contributed by atoms with van der Waals surface area (Å²) in [5.74, 6) is 0.0244. The molecule has 1 aliphatic rings. The summed E-state index contributed by atoms with van der Waals surface area (Å²) in [6, 6.07) is 5.60. The molecule has 0 radical (unpaired) electrons. The molecule has 0 aliphatic heterocycles. The van der Waals surface area contributed by atoms with Gasteiger partial charge in [-0.25, -0.2) is 14.5 Å². The van der Waals surface area contributed by atoms with Crippen LogP contribution in [0.3, 0.4) is 0 Å². The van der Waals surface area contributed by atoms with Crippen molar-refractivity contribution in [2.75, 3.05) is 18.9 Å². The van der Waals surface area contributed by atoms with E-state index in [9.17, 15) is 14.4 Å². The van der Waals surface area contributed by atoms with E-state index in [1.54, 1.807) is 51.2 Å². The smallest absolute Gasteiger partial charge is 0.412 e. The van der Waals surface area contributed by atoms with E-state index in [0.29, 0.717) is 17.2 Å². The van der Waals surface area contributed by atoms with Crippen LogP contribution >= 0.6 is 0 Å². The van der Waals surface area contributed by atoms with Crippen LogP contribution in [0.4, 0.5) is 15.3 Å². The molecule has 1 fully saturated rings. The highest BCUT2D eigenvalue weighted by molar-refractivity contribution is 6.04. The van der Waals surface area contributed by atoms with Gasteiger partial charge in [-0.05, 0) is 57.4 Å². The maximum atomic E-state index is 13.1.